The first kappa shape index (κ1) is 29.9. The van der Waals surface area contributed by atoms with Gasteiger partial charge in [0.15, 0.2) is 0 Å². The van der Waals surface area contributed by atoms with Gasteiger partial charge in [-0.2, -0.15) is 0 Å². The van der Waals surface area contributed by atoms with E-state index in [-0.39, 0.29) is 0 Å². The molecule has 0 saturated carbocycles. The van der Waals surface area contributed by atoms with Crippen molar-refractivity contribution in [1.29, 1.82) is 0 Å². The summed E-state index contributed by atoms with van der Waals surface area (Å²) in [5.74, 6) is 0. The third-order valence-corrected chi connectivity index (χ3v) is 25.1. The predicted octanol–water partition coefficient (Wildman–Crippen LogP) is 7.34. The average Bonchev–Trinajstić information content (AvgIpc) is 3.46. The first-order valence-electron chi connectivity index (χ1n) is 16.2. The van der Waals surface area contributed by atoms with Crippen LogP contribution in [0, 0.1) is 0 Å². The molecule has 1 aliphatic heterocycles. The Kier molecular flexibility index (Phi) is 6.73. The second kappa shape index (κ2) is 9.88. The van der Waals surface area contributed by atoms with Crippen molar-refractivity contribution in [2.24, 2.45) is 0 Å². The summed E-state index contributed by atoms with van der Waals surface area (Å²) < 4.78 is 19.7. The molecule has 0 amide bonds. The van der Waals surface area contributed by atoms with Gasteiger partial charge in [0.05, 0.1) is 0 Å². The van der Waals surface area contributed by atoms with Crippen molar-refractivity contribution in [1.82, 2.24) is 9.13 Å². The van der Waals surface area contributed by atoms with Crippen LogP contribution < -0.4 is 20.7 Å². The summed E-state index contributed by atoms with van der Waals surface area (Å²) in [4.78, 5) is 0. The maximum Gasteiger partial charge on any atom is 0.206 e. The van der Waals surface area contributed by atoms with Crippen molar-refractivity contribution >= 4 is 97.6 Å². The van der Waals surface area contributed by atoms with Gasteiger partial charge in [-0.1, -0.05) is 48.5 Å². The highest BCUT2D eigenvalue weighted by Gasteiger charge is 2.39. The Bertz CT molecular complexity index is 1830. The van der Waals surface area contributed by atoms with Gasteiger partial charge < -0.3 is 17.4 Å². The standard InChI is InChI=1S/C36H46N2O2Si4/c1-11-37-33-17-13-25-21-29(33)30-22-26(14-18-34(30)37)42(5,6)40-44(9,10)28-16-20-36-32(24-28)31-23-27(15-19-35(31)38(36)12-2)43(7,8)39-41(25,3)4/h13-24H,11-12H2,1-10H3. The Morgan fingerprint density at radius 3 is 0.841 bits per heavy atom. The highest BCUT2D eigenvalue weighted by atomic mass is 28.4. The molecule has 8 heteroatoms. The van der Waals surface area contributed by atoms with Crippen molar-refractivity contribution in [2.75, 3.05) is 0 Å². The van der Waals surface area contributed by atoms with E-state index in [1.165, 1.54) is 64.4 Å². The van der Waals surface area contributed by atoms with Crippen LogP contribution in [0.3, 0.4) is 0 Å². The molecule has 2 aromatic heterocycles. The highest BCUT2D eigenvalue weighted by molar-refractivity contribution is 6.98. The molecule has 228 valence electrons. The molecule has 0 spiro atoms. The molecule has 0 fully saturated rings. The van der Waals surface area contributed by atoms with Crippen LogP contribution in [0.25, 0.3) is 43.6 Å². The van der Waals surface area contributed by atoms with Crippen LogP contribution in [-0.2, 0) is 21.3 Å². The van der Waals surface area contributed by atoms with Crippen molar-refractivity contribution in [3.8, 4) is 0 Å². The number of hydrogen-bond donors (Lipinski definition) is 0. The summed E-state index contributed by atoms with van der Waals surface area (Å²) in [7, 11) is -9.03. The Morgan fingerprint density at radius 1 is 0.409 bits per heavy atom. The zero-order valence-corrected chi connectivity index (χ0v) is 32.1. The van der Waals surface area contributed by atoms with E-state index < -0.39 is 33.3 Å². The number of nitrogens with zero attached hydrogens (tertiary/aromatic N) is 2. The monoisotopic (exact) mass is 650 g/mol. The maximum absolute atomic E-state index is 7.39. The summed E-state index contributed by atoms with van der Waals surface area (Å²) >= 11 is 0. The lowest BCUT2D eigenvalue weighted by molar-refractivity contribution is 0.572. The van der Waals surface area contributed by atoms with E-state index in [4.69, 9.17) is 8.23 Å². The Labute approximate surface area is 266 Å². The number of hydrogen-bond acceptors (Lipinski definition) is 2. The fourth-order valence-electron chi connectivity index (χ4n) is 7.90. The van der Waals surface area contributed by atoms with Gasteiger partial charge in [0, 0.05) is 56.7 Å². The van der Waals surface area contributed by atoms with Gasteiger partial charge in [-0.15, -0.1) is 0 Å². The minimum atomic E-state index is -2.26. The SMILES string of the molecule is CCn1c2ccc3cc2c2cc(ccc21)[Si](C)(C)O[Si](C)(C)c1ccc2c(c1)c1cc(ccc1n2CC)[Si](C)(C)O[Si]3(C)C. The third-order valence-electron chi connectivity index (χ3n) is 10.2. The van der Waals surface area contributed by atoms with Crippen LogP contribution in [0.5, 0.6) is 0 Å². The van der Waals surface area contributed by atoms with Gasteiger partial charge in [-0.25, -0.2) is 0 Å². The number of benzene rings is 4. The average molecular weight is 651 g/mol. The van der Waals surface area contributed by atoms with E-state index in [2.05, 4.69) is 148 Å². The van der Waals surface area contributed by atoms with Gasteiger partial charge in [-0.05, 0) is 111 Å². The highest BCUT2D eigenvalue weighted by Crippen LogP contribution is 2.32. The third kappa shape index (κ3) is 4.48. The lowest BCUT2D eigenvalue weighted by atomic mass is 10.1. The number of aryl methyl sites for hydroxylation is 2. The lowest BCUT2D eigenvalue weighted by Gasteiger charge is -2.35. The van der Waals surface area contributed by atoms with Crippen LogP contribution in [-0.4, -0.2) is 42.4 Å². The first-order chi connectivity index (χ1) is 20.7. The molecule has 7 rings (SSSR count). The number of rotatable bonds is 2. The molecule has 0 aliphatic carbocycles. The molecule has 1 aliphatic rings. The largest absolute Gasteiger partial charge is 0.449 e. The summed E-state index contributed by atoms with van der Waals surface area (Å²) in [6.07, 6.45) is 0. The number of fused-ring (bicyclic) bond motifs is 4. The van der Waals surface area contributed by atoms with E-state index in [1.807, 2.05) is 0 Å². The molecule has 44 heavy (non-hydrogen) atoms. The topological polar surface area (TPSA) is 28.3 Å². The van der Waals surface area contributed by atoms with Crippen molar-refractivity contribution in [3.05, 3.63) is 72.8 Å². The molecule has 8 bridgehead atoms. The summed E-state index contributed by atoms with van der Waals surface area (Å²) in [6.45, 7) is 25.5. The molecule has 0 atom stereocenters. The lowest BCUT2D eigenvalue weighted by Crippen LogP contribution is -2.57. The molecular weight excluding hydrogens is 605 g/mol. The van der Waals surface area contributed by atoms with Gasteiger partial charge in [0.1, 0.15) is 0 Å². The first-order valence-corrected chi connectivity index (χ1v) is 27.8. The molecule has 0 saturated heterocycles. The fraction of sp³-hybridized carbons (Fsp3) is 0.333. The number of aromatic nitrogens is 2. The minimum absolute atomic E-state index is 0.944. The van der Waals surface area contributed by atoms with Crippen LogP contribution in [0.2, 0.25) is 52.4 Å². The van der Waals surface area contributed by atoms with Crippen molar-refractivity contribution in [3.63, 3.8) is 0 Å². The Morgan fingerprint density at radius 2 is 0.636 bits per heavy atom. The van der Waals surface area contributed by atoms with Gasteiger partial charge >= 0.3 is 0 Å². The fourth-order valence-corrected chi connectivity index (χ4v) is 23.9. The van der Waals surface area contributed by atoms with Gasteiger partial charge in [-0.3, -0.25) is 0 Å². The normalized spacial score (nSPS) is 19.0. The van der Waals surface area contributed by atoms with E-state index >= 15 is 0 Å². The smallest absolute Gasteiger partial charge is 0.206 e. The molecule has 0 N–H and O–H groups in total. The Balaban J connectivity index is 1.54. The maximum atomic E-state index is 7.39. The molecule has 0 unspecified atom stereocenters. The second-order valence-electron chi connectivity index (χ2n) is 14.7. The molecule has 4 nitrogen and oxygen atoms in total. The molecule has 4 aromatic carbocycles. The summed E-state index contributed by atoms with van der Waals surface area (Å²) in [5, 5.41) is 10.8. The van der Waals surface area contributed by atoms with Crippen molar-refractivity contribution < 1.29 is 8.23 Å². The van der Waals surface area contributed by atoms with Crippen LogP contribution in [0.15, 0.2) is 72.8 Å². The molecular formula is C36H46N2O2Si4. The second-order valence-corrected chi connectivity index (χ2v) is 30.7. The van der Waals surface area contributed by atoms with Gasteiger partial charge in [0.25, 0.3) is 0 Å². The molecule has 6 aromatic rings. The predicted molar refractivity (Wildman–Crippen MR) is 201 cm³/mol. The van der Waals surface area contributed by atoms with Crippen molar-refractivity contribution in [2.45, 2.75) is 79.3 Å². The van der Waals surface area contributed by atoms with Gasteiger partial charge in [0.2, 0.25) is 33.3 Å². The zero-order chi connectivity index (χ0) is 31.4. The quantitative estimate of drug-likeness (QED) is 0.184. The molecule has 0 radical (unpaired) electrons. The Hall–Kier alpha value is -2.73. The minimum Gasteiger partial charge on any atom is -0.449 e. The summed E-state index contributed by atoms with van der Waals surface area (Å²) in [6, 6.07) is 28.6. The van der Waals surface area contributed by atoms with E-state index in [0.717, 1.165) is 13.1 Å². The van der Waals surface area contributed by atoms with E-state index in [1.54, 1.807) is 0 Å². The zero-order valence-electron chi connectivity index (χ0n) is 28.1. The van der Waals surface area contributed by atoms with Crippen LogP contribution in [0.4, 0.5) is 0 Å². The van der Waals surface area contributed by atoms with E-state index in [9.17, 15) is 0 Å². The van der Waals surface area contributed by atoms with E-state index in [0.29, 0.717) is 0 Å². The summed E-state index contributed by atoms with van der Waals surface area (Å²) in [5.41, 5.74) is 5.23. The van der Waals surface area contributed by atoms with Crippen LogP contribution in [0.1, 0.15) is 13.8 Å². The van der Waals surface area contributed by atoms with Crippen LogP contribution >= 0.6 is 0 Å². The molecule has 3 heterocycles.